The van der Waals surface area contributed by atoms with Gasteiger partial charge in [-0.3, -0.25) is 20.1 Å². The molecule has 2 amide bonds. The molecule has 1 aromatic heterocycles. The van der Waals surface area contributed by atoms with Crippen LogP contribution in [0, 0.1) is 25.5 Å². The fraction of sp³-hybridized carbons (Fsp3) is 0.263. The van der Waals surface area contributed by atoms with Crippen LogP contribution < -0.4 is 5.32 Å². The predicted octanol–water partition coefficient (Wildman–Crippen LogP) is 3.03. The number of pyridine rings is 1. The molecule has 1 saturated heterocycles. The number of urea groups is 1. The molecule has 144 valence electrons. The highest BCUT2D eigenvalue weighted by atomic mass is 19.1. The Morgan fingerprint density at radius 3 is 2.57 bits per heavy atom. The second-order valence-electron chi connectivity index (χ2n) is 6.71. The van der Waals surface area contributed by atoms with E-state index in [0.717, 1.165) is 11.8 Å². The van der Waals surface area contributed by atoms with Crippen LogP contribution in [-0.4, -0.2) is 46.3 Å². The zero-order valence-corrected chi connectivity index (χ0v) is 15.6. The molecule has 4 rings (SSSR count). The smallest absolute Gasteiger partial charge is 0.277 e. The highest BCUT2D eigenvalue weighted by Crippen LogP contribution is 2.31. The Morgan fingerprint density at radius 2 is 1.89 bits per heavy atom. The van der Waals surface area contributed by atoms with Crippen molar-refractivity contribution in [2.24, 2.45) is 9.98 Å². The van der Waals surface area contributed by atoms with Crippen molar-refractivity contribution < 1.29 is 13.6 Å². The Labute approximate surface area is 160 Å². The van der Waals surface area contributed by atoms with Gasteiger partial charge in [0.15, 0.2) is 0 Å². The Balaban J connectivity index is 1.79. The highest BCUT2D eigenvalue weighted by Gasteiger charge is 2.41. The van der Waals surface area contributed by atoms with Crippen molar-refractivity contribution in [2.45, 2.75) is 19.9 Å². The van der Waals surface area contributed by atoms with E-state index in [0.29, 0.717) is 22.9 Å². The number of aryl methyl sites for hydroxylation is 2. The number of fused-ring (bicyclic) bond motifs is 1. The number of aliphatic imine (C=N–C) groups is 2. The van der Waals surface area contributed by atoms with Gasteiger partial charge in [0.1, 0.15) is 11.6 Å². The summed E-state index contributed by atoms with van der Waals surface area (Å²) in [6.07, 6.45) is 0. The van der Waals surface area contributed by atoms with Crippen LogP contribution in [0.25, 0.3) is 0 Å². The Bertz CT molecular complexity index is 1010. The van der Waals surface area contributed by atoms with Crippen molar-refractivity contribution >= 4 is 23.6 Å². The summed E-state index contributed by atoms with van der Waals surface area (Å²) in [5.74, 6) is -0.734. The molecule has 0 bridgehead atoms. The van der Waals surface area contributed by atoms with Gasteiger partial charge in [-0.05, 0) is 43.7 Å². The lowest BCUT2D eigenvalue weighted by atomic mass is 10.1. The summed E-state index contributed by atoms with van der Waals surface area (Å²) < 4.78 is 27.5. The van der Waals surface area contributed by atoms with Crippen molar-refractivity contribution in [3.8, 4) is 0 Å². The normalized spacial score (nSPS) is 20.3. The maximum Gasteiger partial charge on any atom is 0.330 e. The first-order valence-electron chi connectivity index (χ1n) is 8.71. The predicted molar refractivity (Wildman–Crippen MR) is 100 cm³/mol. The van der Waals surface area contributed by atoms with Gasteiger partial charge in [-0.15, -0.1) is 0 Å². The quantitative estimate of drug-likeness (QED) is 0.865. The largest absolute Gasteiger partial charge is 0.330 e. The first-order valence-corrected chi connectivity index (χ1v) is 8.71. The molecular weight excluding hydrogens is 366 g/mol. The summed E-state index contributed by atoms with van der Waals surface area (Å²) in [6.45, 7) is 3.93. The van der Waals surface area contributed by atoms with Gasteiger partial charge in [0.05, 0.1) is 24.0 Å². The average molecular weight is 384 g/mol. The van der Waals surface area contributed by atoms with Crippen LogP contribution >= 0.6 is 0 Å². The maximum absolute atomic E-state index is 13.8. The molecule has 0 radical (unpaired) electrons. The SMILES string of the molecule is Cc1ccc(N=C2NC(=O)N(C)C3=NCC(c4cc(F)cc(F)c4)N23)c(C)n1. The van der Waals surface area contributed by atoms with Crippen LogP contribution in [0.15, 0.2) is 40.3 Å². The van der Waals surface area contributed by atoms with Gasteiger partial charge < -0.3 is 0 Å². The van der Waals surface area contributed by atoms with Gasteiger partial charge in [-0.2, -0.15) is 0 Å². The molecule has 2 aliphatic heterocycles. The van der Waals surface area contributed by atoms with Crippen LogP contribution in [0.5, 0.6) is 0 Å². The number of carbonyl (C=O) groups excluding carboxylic acids is 1. The summed E-state index contributed by atoms with van der Waals surface area (Å²) in [6, 6.07) is 6.08. The standard InChI is InChI=1S/C19H18F2N6O/c1-10-4-5-15(11(2)23-10)24-17-25-19(28)26(3)18-22-9-16(27(17)18)12-6-13(20)8-14(21)7-12/h4-8,16H,9H2,1-3H3,(H,24,25,28). The average Bonchev–Trinajstić information content (AvgIpc) is 3.06. The third-order valence-corrected chi connectivity index (χ3v) is 4.68. The van der Waals surface area contributed by atoms with Crippen molar-refractivity contribution in [2.75, 3.05) is 13.6 Å². The Hall–Kier alpha value is -3.36. The summed E-state index contributed by atoms with van der Waals surface area (Å²) in [5, 5.41) is 2.72. The third-order valence-electron chi connectivity index (χ3n) is 4.68. The van der Waals surface area contributed by atoms with E-state index in [4.69, 9.17) is 0 Å². The number of hydrogen-bond donors (Lipinski definition) is 1. The lowest BCUT2D eigenvalue weighted by molar-refractivity contribution is 0.222. The van der Waals surface area contributed by atoms with Crippen LogP contribution in [0.4, 0.5) is 19.3 Å². The van der Waals surface area contributed by atoms with E-state index in [1.54, 1.807) is 18.0 Å². The molecule has 1 aromatic carbocycles. The molecule has 3 heterocycles. The number of benzene rings is 1. The second kappa shape index (κ2) is 6.66. The van der Waals surface area contributed by atoms with E-state index >= 15 is 0 Å². The van der Waals surface area contributed by atoms with Crippen LogP contribution in [0.3, 0.4) is 0 Å². The number of rotatable bonds is 2. The molecule has 7 nitrogen and oxygen atoms in total. The van der Waals surface area contributed by atoms with Gasteiger partial charge in [0, 0.05) is 18.8 Å². The number of aromatic nitrogens is 1. The molecule has 1 N–H and O–H groups in total. The highest BCUT2D eigenvalue weighted by molar-refractivity contribution is 6.16. The van der Waals surface area contributed by atoms with E-state index in [2.05, 4.69) is 20.3 Å². The van der Waals surface area contributed by atoms with Gasteiger partial charge in [0.2, 0.25) is 11.9 Å². The zero-order valence-electron chi connectivity index (χ0n) is 15.6. The number of carbonyl (C=O) groups is 1. The second-order valence-corrected chi connectivity index (χ2v) is 6.71. The van der Waals surface area contributed by atoms with E-state index in [1.807, 2.05) is 19.9 Å². The molecular formula is C19H18F2N6O. The van der Waals surface area contributed by atoms with Crippen LogP contribution in [0.2, 0.25) is 0 Å². The summed E-state index contributed by atoms with van der Waals surface area (Å²) in [5.41, 5.74) is 2.55. The van der Waals surface area contributed by atoms with Crippen LogP contribution in [0.1, 0.15) is 23.0 Å². The van der Waals surface area contributed by atoms with Gasteiger partial charge in [-0.25, -0.2) is 23.6 Å². The molecule has 2 aliphatic rings. The van der Waals surface area contributed by atoms with E-state index in [9.17, 15) is 13.6 Å². The summed E-state index contributed by atoms with van der Waals surface area (Å²) in [4.78, 5) is 28.7. The lowest BCUT2D eigenvalue weighted by Gasteiger charge is -2.36. The monoisotopic (exact) mass is 384 g/mol. The van der Waals surface area contributed by atoms with E-state index in [-0.39, 0.29) is 12.5 Å². The fourth-order valence-electron chi connectivity index (χ4n) is 3.32. The molecule has 0 spiro atoms. The molecule has 1 atom stereocenters. The molecule has 1 unspecified atom stereocenters. The molecule has 2 aromatic rings. The third kappa shape index (κ3) is 3.08. The van der Waals surface area contributed by atoms with Crippen molar-refractivity contribution in [3.63, 3.8) is 0 Å². The summed E-state index contributed by atoms with van der Waals surface area (Å²) >= 11 is 0. The summed E-state index contributed by atoms with van der Waals surface area (Å²) in [7, 11) is 1.57. The Kier molecular flexibility index (Phi) is 4.29. The minimum absolute atomic E-state index is 0.238. The number of amides is 2. The first kappa shape index (κ1) is 18.0. The van der Waals surface area contributed by atoms with E-state index < -0.39 is 23.7 Å². The fourth-order valence-corrected chi connectivity index (χ4v) is 3.32. The van der Waals surface area contributed by atoms with Gasteiger partial charge in [0.25, 0.3) is 0 Å². The molecule has 1 fully saturated rings. The first-order chi connectivity index (χ1) is 13.3. The molecule has 28 heavy (non-hydrogen) atoms. The topological polar surface area (TPSA) is 73.2 Å². The van der Waals surface area contributed by atoms with Crippen molar-refractivity contribution in [3.05, 3.63) is 58.9 Å². The molecule has 0 aliphatic carbocycles. The number of guanidine groups is 2. The Morgan fingerprint density at radius 1 is 1.18 bits per heavy atom. The number of nitrogens with zero attached hydrogens (tertiary/aromatic N) is 5. The minimum atomic E-state index is -0.671. The molecule has 0 saturated carbocycles. The van der Waals surface area contributed by atoms with Crippen LogP contribution in [-0.2, 0) is 0 Å². The van der Waals surface area contributed by atoms with E-state index in [1.165, 1.54) is 17.0 Å². The van der Waals surface area contributed by atoms with Crippen molar-refractivity contribution in [1.82, 2.24) is 20.1 Å². The zero-order chi connectivity index (χ0) is 20.0. The van der Waals surface area contributed by atoms with Gasteiger partial charge in [-0.1, -0.05) is 0 Å². The maximum atomic E-state index is 13.8. The molecule has 9 heteroatoms. The number of hydrogen-bond acceptors (Lipinski definition) is 4. The van der Waals surface area contributed by atoms with Crippen molar-refractivity contribution in [1.29, 1.82) is 0 Å². The number of nitrogens with one attached hydrogen (secondary N) is 1. The number of halogens is 2. The lowest BCUT2D eigenvalue weighted by Crippen LogP contribution is -2.61. The van der Waals surface area contributed by atoms with Gasteiger partial charge >= 0.3 is 6.03 Å². The minimum Gasteiger partial charge on any atom is -0.277 e.